The Morgan fingerprint density at radius 2 is 1.92 bits per heavy atom. The zero-order chi connectivity index (χ0) is 18.1. The predicted octanol–water partition coefficient (Wildman–Crippen LogP) is 2.33. The van der Waals surface area contributed by atoms with Gasteiger partial charge in [0.15, 0.2) is 0 Å². The van der Waals surface area contributed by atoms with Crippen molar-refractivity contribution in [1.29, 1.82) is 0 Å². The molecule has 0 unspecified atom stereocenters. The molecule has 132 valence electrons. The fraction of sp³-hybridized carbons (Fsp3) is 0.222. The van der Waals surface area contributed by atoms with E-state index < -0.39 is 4.92 Å². The van der Waals surface area contributed by atoms with E-state index in [-0.39, 0.29) is 11.2 Å². The van der Waals surface area contributed by atoms with Gasteiger partial charge in [-0.2, -0.15) is 0 Å². The Balaban J connectivity index is 1.92. The van der Waals surface area contributed by atoms with Crippen molar-refractivity contribution in [1.82, 2.24) is 9.97 Å². The van der Waals surface area contributed by atoms with E-state index in [1.165, 1.54) is 12.1 Å². The number of hydrogen-bond acceptors (Lipinski definition) is 6. The second-order valence-corrected chi connectivity index (χ2v) is 5.99. The van der Waals surface area contributed by atoms with Crippen LogP contribution < -0.4 is 10.5 Å². The molecule has 1 aliphatic rings. The van der Waals surface area contributed by atoms with Gasteiger partial charge >= 0.3 is 0 Å². The van der Waals surface area contributed by atoms with Crippen molar-refractivity contribution in [2.45, 2.75) is 0 Å². The topological polar surface area (TPSA) is 101 Å². The molecule has 26 heavy (non-hydrogen) atoms. The lowest BCUT2D eigenvalue weighted by atomic mass is 10.1. The maximum atomic E-state index is 12.4. The molecule has 0 aliphatic carbocycles. The molecule has 2 aromatic carbocycles. The number of aromatic nitrogens is 2. The van der Waals surface area contributed by atoms with Gasteiger partial charge < -0.3 is 14.6 Å². The van der Waals surface area contributed by atoms with Crippen LogP contribution in [0.4, 0.5) is 11.4 Å². The van der Waals surface area contributed by atoms with E-state index in [0.29, 0.717) is 48.6 Å². The van der Waals surface area contributed by atoms with Crippen LogP contribution in [0.3, 0.4) is 0 Å². The highest BCUT2D eigenvalue weighted by molar-refractivity contribution is 5.83. The van der Waals surface area contributed by atoms with E-state index >= 15 is 0 Å². The van der Waals surface area contributed by atoms with Crippen LogP contribution in [0.1, 0.15) is 0 Å². The largest absolute Gasteiger partial charge is 0.378 e. The number of nitrogens with zero attached hydrogens (tertiary/aromatic N) is 3. The number of hydrogen-bond donors (Lipinski definition) is 1. The molecule has 0 amide bonds. The summed E-state index contributed by atoms with van der Waals surface area (Å²) in [5, 5.41) is 11.7. The molecule has 8 heteroatoms. The standard InChI is InChI=1S/C18H16N4O4/c23-18-13-3-1-2-4-15(13)19-17(20-18)14-11-12(22(24)25)5-6-16(14)21-7-9-26-10-8-21/h1-6,11H,7-10H2,(H,19,20,23). The van der Waals surface area contributed by atoms with Gasteiger partial charge in [0.1, 0.15) is 5.82 Å². The number of nitro groups is 1. The molecule has 3 aromatic rings. The molecule has 0 radical (unpaired) electrons. The van der Waals surface area contributed by atoms with Crippen LogP contribution in [-0.2, 0) is 4.74 Å². The molecule has 1 N–H and O–H groups in total. The molecule has 1 saturated heterocycles. The van der Waals surface area contributed by atoms with E-state index in [2.05, 4.69) is 14.9 Å². The minimum atomic E-state index is -0.453. The van der Waals surface area contributed by atoms with E-state index in [9.17, 15) is 14.9 Å². The fourth-order valence-electron chi connectivity index (χ4n) is 3.12. The Kier molecular flexibility index (Phi) is 4.10. The number of morpholine rings is 1. The number of fused-ring (bicyclic) bond motifs is 1. The SMILES string of the molecule is O=c1[nH]c(-c2cc([N+](=O)[O-])ccc2N2CCOCC2)nc2ccccc12. The van der Waals surface area contributed by atoms with E-state index in [4.69, 9.17) is 4.74 Å². The number of anilines is 1. The lowest BCUT2D eigenvalue weighted by molar-refractivity contribution is -0.384. The van der Waals surface area contributed by atoms with E-state index in [1.54, 1.807) is 30.3 Å². The normalized spacial score (nSPS) is 14.5. The third kappa shape index (κ3) is 2.91. The number of benzene rings is 2. The molecular formula is C18H16N4O4. The Morgan fingerprint density at radius 3 is 2.69 bits per heavy atom. The molecule has 0 saturated carbocycles. The maximum Gasteiger partial charge on any atom is 0.270 e. The Morgan fingerprint density at radius 1 is 1.15 bits per heavy atom. The van der Waals surface area contributed by atoms with Gasteiger partial charge in [-0.15, -0.1) is 0 Å². The summed E-state index contributed by atoms with van der Waals surface area (Å²) in [7, 11) is 0. The highest BCUT2D eigenvalue weighted by Gasteiger charge is 2.20. The average molecular weight is 352 g/mol. The van der Waals surface area contributed by atoms with Crippen molar-refractivity contribution < 1.29 is 9.66 Å². The highest BCUT2D eigenvalue weighted by atomic mass is 16.6. The number of para-hydroxylation sites is 1. The summed E-state index contributed by atoms with van der Waals surface area (Å²) < 4.78 is 5.38. The van der Waals surface area contributed by atoms with Crippen LogP contribution in [-0.4, -0.2) is 41.2 Å². The molecule has 8 nitrogen and oxygen atoms in total. The average Bonchev–Trinajstić information content (AvgIpc) is 2.68. The number of rotatable bonds is 3. The van der Waals surface area contributed by atoms with Crippen LogP contribution in [0.2, 0.25) is 0 Å². The second kappa shape index (κ2) is 6.57. The lowest BCUT2D eigenvalue weighted by Crippen LogP contribution is -2.36. The van der Waals surface area contributed by atoms with E-state index in [0.717, 1.165) is 5.69 Å². The first-order valence-electron chi connectivity index (χ1n) is 8.24. The smallest absolute Gasteiger partial charge is 0.270 e. The monoisotopic (exact) mass is 352 g/mol. The van der Waals surface area contributed by atoms with Gasteiger partial charge in [0.25, 0.3) is 11.2 Å². The number of aromatic amines is 1. The summed E-state index contributed by atoms with van der Waals surface area (Å²) in [4.78, 5) is 32.6. The van der Waals surface area contributed by atoms with Gasteiger partial charge in [-0.3, -0.25) is 14.9 Å². The summed E-state index contributed by atoms with van der Waals surface area (Å²) in [5.41, 5.74) is 1.55. The van der Waals surface area contributed by atoms with Crippen molar-refractivity contribution in [3.63, 3.8) is 0 Å². The third-order valence-corrected chi connectivity index (χ3v) is 4.41. The minimum absolute atomic E-state index is 0.0483. The number of nitro benzene ring substituents is 1. The zero-order valence-electron chi connectivity index (χ0n) is 13.8. The van der Waals surface area contributed by atoms with Crippen molar-refractivity contribution >= 4 is 22.3 Å². The molecule has 0 bridgehead atoms. The summed E-state index contributed by atoms with van der Waals surface area (Å²) in [5.74, 6) is 0.318. The number of ether oxygens (including phenoxy) is 1. The van der Waals surface area contributed by atoms with Gasteiger partial charge in [-0.05, 0) is 18.2 Å². The summed E-state index contributed by atoms with van der Waals surface area (Å²) in [6.07, 6.45) is 0. The number of H-pyrrole nitrogens is 1. The number of nitrogens with one attached hydrogen (secondary N) is 1. The van der Waals surface area contributed by atoms with Gasteiger partial charge in [-0.1, -0.05) is 12.1 Å². The summed E-state index contributed by atoms with van der Waals surface area (Å²) in [6.45, 7) is 2.50. The Hall–Kier alpha value is -3.26. The summed E-state index contributed by atoms with van der Waals surface area (Å²) >= 11 is 0. The first-order valence-corrected chi connectivity index (χ1v) is 8.24. The minimum Gasteiger partial charge on any atom is -0.378 e. The highest BCUT2D eigenvalue weighted by Crippen LogP contribution is 2.33. The van der Waals surface area contributed by atoms with Crippen LogP contribution in [0.25, 0.3) is 22.3 Å². The van der Waals surface area contributed by atoms with Gasteiger partial charge in [0, 0.05) is 36.5 Å². The molecule has 1 fully saturated rings. The molecular weight excluding hydrogens is 336 g/mol. The van der Waals surface area contributed by atoms with Crippen LogP contribution in [0.15, 0.2) is 47.3 Å². The zero-order valence-corrected chi connectivity index (χ0v) is 13.8. The van der Waals surface area contributed by atoms with Gasteiger partial charge in [0.2, 0.25) is 0 Å². The van der Waals surface area contributed by atoms with Crippen molar-refractivity contribution in [2.75, 3.05) is 31.2 Å². The Labute approximate surface area is 148 Å². The van der Waals surface area contributed by atoms with Crippen molar-refractivity contribution in [3.8, 4) is 11.4 Å². The van der Waals surface area contributed by atoms with Crippen LogP contribution in [0.5, 0.6) is 0 Å². The van der Waals surface area contributed by atoms with Crippen LogP contribution >= 0.6 is 0 Å². The Bertz CT molecular complexity index is 1040. The van der Waals surface area contributed by atoms with Crippen molar-refractivity contribution in [3.05, 3.63) is 62.9 Å². The van der Waals surface area contributed by atoms with Crippen LogP contribution in [0, 0.1) is 10.1 Å². The fourth-order valence-corrected chi connectivity index (χ4v) is 3.12. The quantitative estimate of drug-likeness (QED) is 0.573. The molecule has 4 rings (SSSR count). The molecule has 1 aromatic heterocycles. The first kappa shape index (κ1) is 16.2. The second-order valence-electron chi connectivity index (χ2n) is 5.99. The summed E-state index contributed by atoms with van der Waals surface area (Å²) in [6, 6.07) is 11.6. The van der Waals surface area contributed by atoms with E-state index in [1.807, 2.05) is 0 Å². The molecule has 0 atom stereocenters. The third-order valence-electron chi connectivity index (χ3n) is 4.41. The molecule has 0 spiro atoms. The maximum absolute atomic E-state index is 12.4. The number of non-ortho nitro benzene ring substituents is 1. The molecule has 1 aliphatic heterocycles. The van der Waals surface area contributed by atoms with Gasteiger partial charge in [0.05, 0.1) is 29.0 Å². The lowest BCUT2D eigenvalue weighted by Gasteiger charge is -2.30. The predicted molar refractivity (Wildman–Crippen MR) is 97.5 cm³/mol. The first-order chi connectivity index (χ1) is 12.6. The molecule has 2 heterocycles. The van der Waals surface area contributed by atoms with Crippen molar-refractivity contribution in [2.24, 2.45) is 0 Å². The van der Waals surface area contributed by atoms with Gasteiger partial charge in [-0.25, -0.2) is 4.98 Å².